The number of benzene rings is 1. The minimum absolute atomic E-state index is 0.00438. The molecule has 0 heterocycles. The fraction of sp³-hybridized carbons (Fsp3) is 0.538. The number of hydrogen-bond acceptors (Lipinski definition) is 3. The van der Waals surface area contributed by atoms with E-state index in [1.807, 2.05) is 13.8 Å². The van der Waals surface area contributed by atoms with Gasteiger partial charge in [0.05, 0.1) is 7.11 Å². The monoisotopic (exact) mass is 255 g/mol. The molecule has 1 aromatic rings. The molecular weight excluding hydrogens is 238 g/mol. The lowest BCUT2D eigenvalue weighted by atomic mass is 9.85. The van der Waals surface area contributed by atoms with Gasteiger partial charge in [-0.2, -0.15) is 0 Å². The SMILES string of the molecule is COc1cc(Cl)c(C)c(C2(C(C)N)CC2)c1O. The summed E-state index contributed by atoms with van der Waals surface area (Å²) in [6, 6.07) is 1.64. The van der Waals surface area contributed by atoms with Crippen molar-refractivity contribution in [2.45, 2.75) is 38.1 Å². The van der Waals surface area contributed by atoms with Crippen molar-refractivity contribution in [3.8, 4) is 11.5 Å². The third-order valence-electron chi connectivity index (χ3n) is 3.84. The number of phenols is 1. The van der Waals surface area contributed by atoms with Crippen LogP contribution in [0.5, 0.6) is 11.5 Å². The Morgan fingerprint density at radius 2 is 2.12 bits per heavy atom. The number of methoxy groups -OCH3 is 1. The molecule has 0 radical (unpaired) electrons. The number of ether oxygens (including phenoxy) is 1. The van der Waals surface area contributed by atoms with Crippen LogP contribution in [0.15, 0.2) is 6.07 Å². The maximum atomic E-state index is 10.3. The summed E-state index contributed by atoms with van der Waals surface area (Å²) in [7, 11) is 1.52. The lowest BCUT2D eigenvalue weighted by molar-refractivity contribution is 0.364. The number of hydrogen-bond donors (Lipinski definition) is 2. The Kier molecular flexibility index (Phi) is 3.00. The fourth-order valence-electron chi connectivity index (χ4n) is 2.54. The molecule has 94 valence electrons. The molecule has 1 fully saturated rings. The number of nitrogens with two attached hydrogens (primary N) is 1. The fourth-order valence-corrected chi connectivity index (χ4v) is 2.74. The van der Waals surface area contributed by atoms with Crippen molar-refractivity contribution in [2.75, 3.05) is 7.11 Å². The van der Waals surface area contributed by atoms with Crippen molar-refractivity contribution in [3.05, 3.63) is 22.2 Å². The van der Waals surface area contributed by atoms with E-state index in [1.165, 1.54) is 7.11 Å². The third kappa shape index (κ3) is 1.78. The smallest absolute Gasteiger partial charge is 0.162 e. The minimum atomic E-state index is -0.133. The second-order valence-corrected chi connectivity index (χ2v) is 5.26. The van der Waals surface area contributed by atoms with E-state index >= 15 is 0 Å². The molecule has 0 aliphatic heterocycles. The standard InChI is InChI=1S/C13H18ClNO2/c1-7-9(14)6-10(17-3)12(16)11(7)13(4-5-13)8(2)15/h6,8,16H,4-5,15H2,1-3H3. The number of halogens is 1. The van der Waals surface area contributed by atoms with Crippen LogP contribution in [0.1, 0.15) is 30.9 Å². The Bertz CT molecular complexity index is 453. The zero-order valence-electron chi connectivity index (χ0n) is 10.4. The van der Waals surface area contributed by atoms with E-state index in [0.717, 1.165) is 24.0 Å². The summed E-state index contributed by atoms with van der Waals surface area (Å²) in [6.45, 7) is 3.89. The van der Waals surface area contributed by atoms with Crippen molar-refractivity contribution >= 4 is 11.6 Å². The Balaban J connectivity index is 2.64. The van der Waals surface area contributed by atoms with Gasteiger partial charge in [0.1, 0.15) is 0 Å². The van der Waals surface area contributed by atoms with Crippen molar-refractivity contribution in [1.29, 1.82) is 0 Å². The predicted molar refractivity (Wildman–Crippen MR) is 69.0 cm³/mol. The summed E-state index contributed by atoms with van der Waals surface area (Å²) < 4.78 is 5.15. The van der Waals surface area contributed by atoms with Crippen LogP contribution in [0.2, 0.25) is 5.02 Å². The molecule has 1 saturated carbocycles. The van der Waals surface area contributed by atoms with Crippen molar-refractivity contribution in [1.82, 2.24) is 0 Å². The second kappa shape index (κ2) is 4.07. The van der Waals surface area contributed by atoms with Gasteiger partial charge in [0.2, 0.25) is 0 Å². The summed E-state index contributed by atoms with van der Waals surface area (Å²) in [4.78, 5) is 0. The van der Waals surface area contributed by atoms with Crippen LogP contribution in [0.25, 0.3) is 0 Å². The van der Waals surface area contributed by atoms with Gasteiger partial charge in [0.15, 0.2) is 11.5 Å². The molecule has 0 spiro atoms. The van der Waals surface area contributed by atoms with Gasteiger partial charge in [-0.15, -0.1) is 0 Å². The molecule has 17 heavy (non-hydrogen) atoms. The molecular formula is C13H18ClNO2. The van der Waals surface area contributed by atoms with Gasteiger partial charge in [-0.05, 0) is 32.3 Å². The van der Waals surface area contributed by atoms with Gasteiger partial charge in [-0.25, -0.2) is 0 Å². The molecule has 1 unspecified atom stereocenters. The Hall–Kier alpha value is -0.930. The lowest BCUT2D eigenvalue weighted by Crippen LogP contribution is -2.32. The highest BCUT2D eigenvalue weighted by Gasteiger charge is 2.50. The van der Waals surface area contributed by atoms with Crippen LogP contribution in [0, 0.1) is 6.92 Å². The number of phenolic OH excluding ortho intramolecular Hbond substituents is 1. The quantitative estimate of drug-likeness (QED) is 0.873. The highest BCUT2D eigenvalue weighted by atomic mass is 35.5. The minimum Gasteiger partial charge on any atom is -0.504 e. The van der Waals surface area contributed by atoms with E-state index in [2.05, 4.69) is 0 Å². The van der Waals surface area contributed by atoms with E-state index in [-0.39, 0.29) is 17.2 Å². The van der Waals surface area contributed by atoms with Gasteiger partial charge < -0.3 is 15.6 Å². The zero-order valence-corrected chi connectivity index (χ0v) is 11.1. The van der Waals surface area contributed by atoms with E-state index in [4.69, 9.17) is 22.1 Å². The molecule has 3 N–H and O–H groups in total. The molecule has 4 heteroatoms. The Morgan fingerprint density at radius 1 is 1.53 bits per heavy atom. The first-order valence-electron chi connectivity index (χ1n) is 5.76. The van der Waals surface area contributed by atoms with E-state index in [9.17, 15) is 5.11 Å². The second-order valence-electron chi connectivity index (χ2n) is 4.85. The molecule has 1 aromatic carbocycles. The molecule has 1 aliphatic carbocycles. The van der Waals surface area contributed by atoms with Crippen molar-refractivity contribution < 1.29 is 9.84 Å². The van der Waals surface area contributed by atoms with Crippen molar-refractivity contribution in [2.24, 2.45) is 5.73 Å². The summed E-state index contributed by atoms with van der Waals surface area (Å²) >= 11 is 6.18. The average Bonchev–Trinajstić information content (AvgIpc) is 3.05. The average molecular weight is 256 g/mol. The van der Waals surface area contributed by atoms with Gasteiger partial charge >= 0.3 is 0 Å². The van der Waals surface area contributed by atoms with E-state index in [0.29, 0.717) is 10.8 Å². The molecule has 3 nitrogen and oxygen atoms in total. The van der Waals surface area contributed by atoms with Gasteiger partial charge in [0, 0.05) is 28.1 Å². The predicted octanol–water partition coefficient (Wildman–Crippen LogP) is 2.74. The van der Waals surface area contributed by atoms with Gasteiger partial charge in [0.25, 0.3) is 0 Å². The van der Waals surface area contributed by atoms with Crippen LogP contribution in [0.4, 0.5) is 0 Å². The normalized spacial score (nSPS) is 18.9. The number of rotatable bonds is 3. The molecule has 0 aromatic heterocycles. The maximum Gasteiger partial charge on any atom is 0.162 e. The maximum absolute atomic E-state index is 10.3. The van der Waals surface area contributed by atoms with Gasteiger partial charge in [-0.3, -0.25) is 0 Å². The van der Waals surface area contributed by atoms with Crippen LogP contribution in [0.3, 0.4) is 0 Å². The van der Waals surface area contributed by atoms with Crippen molar-refractivity contribution in [3.63, 3.8) is 0 Å². The summed E-state index contributed by atoms with van der Waals surface area (Å²) in [6.07, 6.45) is 1.98. The topological polar surface area (TPSA) is 55.5 Å². The van der Waals surface area contributed by atoms with Crippen LogP contribution < -0.4 is 10.5 Å². The lowest BCUT2D eigenvalue weighted by Gasteiger charge is -2.25. The molecule has 0 saturated heterocycles. The number of aromatic hydroxyl groups is 1. The Labute approximate surface area is 107 Å². The summed E-state index contributed by atoms with van der Waals surface area (Å²) in [5.74, 6) is 0.603. The van der Waals surface area contributed by atoms with Crippen LogP contribution >= 0.6 is 11.6 Å². The third-order valence-corrected chi connectivity index (χ3v) is 4.23. The zero-order chi connectivity index (χ0) is 12.8. The summed E-state index contributed by atoms with van der Waals surface area (Å²) in [5, 5.41) is 10.9. The first-order chi connectivity index (χ1) is 7.94. The first-order valence-corrected chi connectivity index (χ1v) is 6.14. The van der Waals surface area contributed by atoms with E-state index < -0.39 is 0 Å². The summed E-state index contributed by atoms with van der Waals surface area (Å²) in [5.41, 5.74) is 7.68. The molecule has 0 amide bonds. The van der Waals surface area contributed by atoms with Gasteiger partial charge in [-0.1, -0.05) is 11.6 Å². The first kappa shape index (κ1) is 12.5. The van der Waals surface area contributed by atoms with E-state index in [1.54, 1.807) is 6.07 Å². The van der Waals surface area contributed by atoms with Crippen LogP contribution in [-0.2, 0) is 5.41 Å². The highest BCUT2D eigenvalue weighted by molar-refractivity contribution is 6.31. The van der Waals surface area contributed by atoms with Crippen LogP contribution in [-0.4, -0.2) is 18.3 Å². The molecule has 2 rings (SSSR count). The molecule has 0 bridgehead atoms. The highest BCUT2D eigenvalue weighted by Crippen LogP contribution is 2.56. The largest absolute Gasteiger partial charge is 0.504 e. The Morgan fingerprint density at radius 3 is 2.53 bits per heavy atom. The molecule has 1 aliphatic rings. The molecule has 1 atom stereocenters.